The van der Waals surface area contributed by atoms with Gasteiger partial charge in [-0.25, -0.2) is 4.79 Å². The van der Waals surface area contributed by atoms with Crippen molar-refractivity contribution in [3.8, 4) is 0 Å². The molecule has 110 valence electrons. The molecule has 1 aliphatic heterocycles. The number of urea groups is 1. The number of hydrogen-bond donors (Lipinski definition) is 2. The fraction of sp³-hybridized carbons (Fsp3) is 0.857. The van der Waals surface area contributed by atoms with E-state index in [1.54, 1.807) is 0 Å². The van der Waals surface area contributed by atoms with Crippen LogP contribution in [-0.4, -0.2) is 41.1 Å². The minimum atomic E-state index is -0.831. The second kappa shape index (κ2) is 7.36. The number of aliphatic carboxylic acids is 1. The summed E-state index contributed by atoms with van der Waals surface area (Å²) in [5.41, 5.74) is 0. The molecule has 3 atom stereocenters. The standard InChI is InChI=1S/C14H26N2O3/c1-4-5-12(13(17)18)8-15-14(19)16-9-10(2)6-7-11(16)3/h10-12H,4-9H2,1-3H3,(H,15,19)(H,17,18). The van der Waals surface area contributed by atoms with Crippen LogP contribution in [0.3, 0.4) is 0 Å². The van der Waals surface area contributed by atoms with E-state index < -0.39 is 11.9 Å². The first-order chi connectivity index (χ1) is 8.95. The molecule has 1 fully saturated rings. The van der Waals surface area contributed by atoms with Gasteiger partial charge in [0.25, 0.3) is 0 Å². The zero-order chi connectivity index (χ0) is 14.4. The normalized spacial score (nSPS) is 24.9. The van der Waals surface area contributed by atoms with E-state index in [2.05, 4.69) is 12.2 Å². The average Bonchev–Trinajstić information content (AvgIpc) is 2.36. The number of amides is 2. The van der Waals surface area contributed by atoms with Gasteiger partial charge in [-0.1, -0.05) is 20.3 Å². The minimum Gasteiger partial charge on any atom is -0.481 e. The molecular weight excluding hydrogens is 244 g/mol. The maximum atomic E-state index is 12.1. The van der Waals surface area contributed by atoms with Crippen LogP contribution in [0.5, 0.6) is 0 Å². The van der Waals surface area contributed by atoms with Crippen molar-refractivity contribution < 1.29 is 14.7 Å². The SMILES string of the molecule is CCCC(CNC(=O)N1CC(C)CCC1C)C(=O)O. The first-order valence-corrected chi connectivity index (χ1v) is 7.23. The van der Waals surface area contributed by atoms with Crippen molar-refractivity contribution in [1.82, 2.24) is 10.2 Å². The Hall–Kier alpha value is -1.26. The highest BCUT2D eigenvalue weighted by atomic mass is 16.4. The van der Waals surface area contributed by atoms with Crippen molar-refractivity contribution in [2.24, 2.45) is 11.8 Å². The van der Waals surface area contributed by atoms with Crippen LogP contribution in [0.2, 0.25) is 0 Å². The van der Waals surface area contributed by atoms with Crippen LogP contribution >= 0.6 is 0 Å². The molecule has 0 saturated carbocycles. The number of likely N-dealkylation sites (tertiary alicyclic amines) is 1. The van der Waals surface area contributed by atoms with Crippen LogP contribution in [0, 0.1) is 11.8 Å². The number of hydrogen-bond acceptors (Lipinski definition) is 2. The van der Waals surface area contributed by atoms with Crippen molar-refractivity contribution >= 4 is 12.0 Å². The van der Waals surface area contributed by atoms with Gasteiger partial charge in [0.05, 0.1) is 5.92 Å². The van der Waals surface area contributed by atoms with Crippen LogP contribution in [0.4, 0.5) is 4.79 Å². The quantitative estimate of drug-likeness (QED) is 0.805. The summed E-state index contributed by atoms with van der Waals surface area (Å²) < 4.78 is 0. The first kappa shape index (κ1) is 15.8. The van der Waals surface area contributed by atoms with E-state index >= 15 is 0 Å². The van der Waals surface area contributed by atoms with E-state index in [9.17, 15) is 9.59 Å². The average molecular weight is 270 g/mol. The van der Waals surface area contributed by atoms with E-state index in [0.717, 1.165) is 25.8 Å². The highest BCUT2D eigenvalue weighted by molar-refractivity contribution is 5.76. The lowest BCUT2D eigenvalue weighted by atomic mass is 9.95. The van der Waals surface area contributed by atoms with Gasteiger partial charge >= 0.3 is 12.0 Å². The molecule has 0 aromatic heterocycles. The largest absolute Gasteiger partial charge is 0.481 e. The summed E-state index contributed by atoms with van der Waals surface area (Å²) in [6.07, 6.45) is 3.58. The van der Waals surface area contributed by atoms with Crippen LogP contribution in [-0.2, 0) is 4.79 Å². The number of carbonyl (C=O) groups is 2. The molecule has 3 unspecified atom stereocenters. The van der Waals surface area contributed by atoms with Gasteiger partial charge in [0.2, 0.25) is 0 Å². The molecular formula is C14H26N2O3. The first-order valence-electron chi connectivity index (χ1n) is 7.23. The van der Waals surface area contributed by atoms with Gasteiger partial charge in [-0.15, -0.1) is 0 Å². The molecule has 0 aliphatic carbocycles. The summed E-state index contributed by atoms with van der Waals surface area (Å²) in [4.78, 5) is 25.0. The Kier molecular flexibility index (Phi) is 6.12. The fourth-order valence-corrected chi connectivity index (χ4v) is 2.55. The van der Waals surface area contributed by atoms with Gasteiger partial charge in [0.15, 0.2) is 0 Å². The van der Waals surface area contributed by atoms with Crippen molar-refractivity contribution in [3.05, 3.63) is 0 Å². The summed E-state index contributed by atoms with van der Waals surface area (Å²) in [5.74, 6) is -0.790. The Labute approximate surface area is 115 Å². The van der Waals surface area contributed by atoms with Crippen molar-refractivity contribution in [2.75, 3.05) is 13.1 Å². The summed E-state index contributed by atoms with van der Waals surface area (Å²) >= 11 is 0. The monoisotopic (exact) mass is 270 g/mol. The molecule has 5 heteroatoms. The summed E-state index contributed by atoms with van der Waals surface area (Å²) in [5, 5.41) is 11.8. The second-order valence-electron chi connectivity index (χ2n) is 5.69. The van der Waals surface area contributed by atoms with Crippen LogP contribution in [0.1, 0.15) is 46.5 Å². The van der Waals surface area contributed by atoms with Crippen molar-refractivity contribution in [2.45, 2.75) is 52.5 Å². The Morgan fingerprint density at radius 1 is 1.37 bits per heavy atom. The lowest BCUT2D eigenvalue weighted by Crippen LogP contribution is -2.50. The predicted octanol–water partition coefficient (Wildman–Crippen LogP) is 2.32. The van der Waals surface area contributed by atoms with Gasteiger partial charge in [-0.2, -0.15) is 0 Å². The molecule has 2 amide bonds. The van der Waals surface area contributed by atoms with Crippen LogP contribution < -0.4 is 5.32 Å². The van der Waals surface area contributed by atoms with E-state index in [1.807, 2.05) is 18.7 Å². The maximum Gasteiger partial charge on any atom is 0.317 e. The smallest absolute Gasteiger partial charge is 0.317 e. The molecule has 0 aromatic rings. The molecule has 0 aromatic carbocycles. The number of carbonyl (C=O) groups excluding carboxylic acids is 1. The Morgan fingerprint density at radius 2 is 2.05 bits per heavy atom. The van der Waals surface area contributed by atoms with Gasteiger partial charge in [0.1, 0.15) is 0 Å². The molecule has 2 N–H and O–H groups in total. The molecule has 1 aliphatic rings. The Bertz CT molecular complexity index is 320. The summed E-state index contributed by atoms with van der Waals surface area (Å²) in [6, 6.07) is 0.118. The Morgan fingerprint density at radius 3 is 2.63 bits per heavy atom. The zero-order valence-electron chi connectivity index (χ0n) is 12.2. The van der Waals surface area contributed by atoms with Crippen LogP contribution in [0.25, 0.3) is 0 Å². The van der Waals surface area contributed by atoms with Crippen molar-refractivity contribution in [1.29, 1.82) is 0 Å². The van der Waals surface area contributed by atoms with E-state index in [1.165, 1.54) is 0 Å². The topological polar surface area (TPSA) is 69.6 Å². The number of piperidine rings is 1. The maximum absolute atomic E-state index is 12.1. The van der Waals surface area contributed by atoms with Gasteiger partial charge < -0.3 is 15.3 Å². The van der Waals surface area contributed by atoms with Crippen molar-refractivity contribution in [3.63, 3.8) is 0 Å². The van der Waals surface area contributed by atoms with Gasteiger partial charge in [-0.3, -0.25) is 4.79 Å². The number of carboxylic acid groups (broad SMARTS) is 1. The van der Waals surface area contributed by atoms with E-state index in [4.69, 9.17) is 5.11 Å². The lowest BCUT2D eigenvalue weighted by Gasteiger charge is -2.36. The third-order valence-corrected chi connectivity index (χ3v) is 3.86. The summed E-state index contributed by atoms with van der Waals surface area (Å²) in [7, 11) is 0. The lowest BCUT2D eigenvalue weighted by molar-refractivity contribution is -0.141. The molecule has 1 rings (SSSR count). The highest BCUT2D eigenvalue weighted by Crippen LogP contribution is 2.21. The summed E-state index contributed by atoms with van der Waals surface area (Å²) in [6.45, 7) is 7.12. The number of nitrogens with zero attached hydrogens (tertiary/aromatic N) is 1. The number of carboxylic acids is 1. The number of rotatable bonds is 5. The van der Waals surface area contributed by atoms with Crippen LogP contribution in [0.15, 0.2) is 0 Å². The third-order valence-electron chi connectivity index (χ3n) is 3.86. The molecule has 5 nitrogen and oxygen atoms in total. The zero-order valence-corrected chi connectivity index (χ0v) is 12.2. The fourth-order valence-electron chi connectivity index (χ4n) is 2.55. The molecule has 0 bridgehead atoms. The predicted molar refractivity (Wildman–Crippen MR) is 74.0 cm³/mol. The molecule has 0 spiro atoms. The van der Waals surface area contributed by atoms with E-state index in [-0.39, 0.29) is 18.6 Å². The second-order valence-corrected chi connectivity index (χ2v) is 5.69. The van der Waals surface area contributed by atoms with Gasteiger partial charge in [0, 0.05) is 19.1 Å². The molecule has 1 saturated heterocycles. The van der Waals surface area contributed by atoms with Gasteiger partial charge in [-0.05, 0) is 32.1 Å². The molecule has 0 radical (unpaired) electrons. The minimum absolute atomic E-state index is 0.124. The van der Waals surface area contributed by atoms with E-state index in [0.29, 0.717) is 12.3 Å². The molecule has 1 heterocycles. The number of nitrogens with one attached hydrogen (secondary N) is 1. The highest BCUT2D eigenvalue weighted by Gasteiger charge is 2.27. The molecule has 19 heavy (non-hydrogen) atoms. The third kappa shape index (κ3) is 4.73. The Balaban J connectivity index is 2.47.